The van der Waals surface area contributed by atoms with Crippen molar-refractivity contribution in [3.05, 3.63) is 64.0 Å². The summed E-state index contributed by atoms with van der Waals surface area (Å²) in [5.41, 5.74) is 5.45. The lowest BCUT2D eigenvalue weighted by molar-refractivity contribution is -0.118. The van der Waals surface area contributed by atoms with Crippen LogP contribution in [0.1, 0.15) is 24.8 Å². The number of thiazole rings is 1. The van der Waals surface area contributed by atoms with Crippen LogP contribution in [0.4, 0.5) is 10.5 Å². The van der Waals surface area contributed by atoms with E-state index < -0.39 is 29.5 Å². The Kier molecular flexibility index (Phi) is 9.17. The molecule has 3 aromatic rings. The fourth-order valence-corrected chi connectivity index (χ4v) is 4.39. The third-order valence-corrected chi connectivity index (χ3v) is 6.08. The number of methoxy groups -OCH3 is 1. The number of carbonyl (C=O) groups excluding carboxylic acids is 3. The number of allylic oxidation sites excluding steroid dienone is 1. The lowest BCUT2D eigenvalue weighted by Crippen LogP contribution is -2.44. The van der Waals surface area contributed by atoms with Crippen molar-refractivity contribution in [3.8, 4) is 5.75 Å². The Morgan fingerprint density at radius 1 is 1.25 bits per heavy atom. The number of hydrogen-bond donors (Lipinski definition) is 3. The molecule has 0 aliphatic heterocycles. The Bertz CT molecular complexity index is 1330. The van der Waals surface area contributed by atoms with E-state index in [1.807, 2.05) is 25.1 Å². The number of anilines is 1. The minimum absolute atomic E-state index is 0.0444. The first kappa shape index (κ1) is 26.4. The highest BCUT2D eigenvalue weighted by Crippen LogP contribution is 2.31. The van der Waals surface area contributed by atoms with Gasteiger partial charge in [-0.2, -0.15) is 0 Å². The van der Waals surface area contributed by atoms with Crippen LogP contribution in [0.15, 0.2) is 53.5 Å². The molecule has 190 valence electrons. The van der Waals surface area contributed by atoms with Gasteiger partial charge >= 0.3 is 6.09 Å². The number of amides is 3. The summed E-state index contributed by atoms with van der Waals surface area (Å²) in [5.74, 6) is -0.491. The van der Waals surface area contributed by atoms with E-state index in [-0.39, 0.29) is 25.1 Å². The third-order valence-electron chi connectivity index (χ3n) is 5.00. The van der Waals surface area contributed by atoms with Gasteiger partial charge in [0.1, 0.15) is 22.5 Å². The summed E-state index contributed by atoms with van der Waals surface area (Å²) >= 11 is 1.43. The van der Waals surface area contributed by atoms with Gasteiger partial charge in [0.2, 0.25) is 11.8 Å². The Hall–Kier alpha value is -4.19. The second-order valence-electron chi connectivity index (χ2n) is 7.56. The van der Waals surface area contributed by atoms with Gasteiger partial charge < -0.3 is 30.4 Å². The molecule has 0 spiro atoms. The lowest BCUT2D eigenvalue weighted by Gasteiger charge is -2.17. The fraction of sp³-hybridized carbons (Fsp3) is 0.292. The molecule has 0 aliphatic rings. The zero-order valence-electron chi connectivity index (χ0n) is 19.9. The summed E-state index contributed by atoms with van der Waals surface area (Å²) in [6.45, 7) is 2.64. The molecule has 4 N–H and O–H groups in total. The van der Waals surface area contributed by atoms with Crippen molar-refractivity contribution in [2.75, 3.05) is 19.0 Å². The van der Waals surface area contributed by atoms with Crippen LogP contribution in [-0.4, -0.2) is 47.2 Å². The Morgan fingerprint density at radius 2 is 2.06 bits per heavy atom. The number of primary amides is 1. The number of hydrogen-bond acceptors (Lipinski definition) is 8. The number of aromatic nitrogens is 2. The van der Waals surface area contributed by atoms with Crippen LogP contribution in [0, 0.1) is 0 Å². The molecule has 11 nitrogen and oxygen atoms in total. The van der Waals surface area contributed by atoms with Crippen LogP contribution >= 0.6 is 11.3 Å². The molecular formula is C24H27N5O6S. The van der Waals surface area contributed by atoms with E-state index in [2.05, 4.69) is 20.4 Å². The van der Waals surface area contributed by atoms with E-state index in [1.165, 1.54) is 41.2 Å². The molecule has 0 unspecified atom stereocenters. The van der Waals surface area contributed by atoms with Gasteiger partial charge in [0.25, 0.3) is 5.56 Å². The predicted molar refractivity (Wildman–Crippen MR) is 136 cm³/mol. The number of ether oxygens (including phenoxy) is 2. The van der Waals surface area contributed by atoms with Gasteiger partial charge in [-0.05, 0) is 50.1 Å². The molecular weight excluding hydrogens is 486 g/mol. The fourth-order valence-electron chi connectivity index (χ4n) is 3.36. The number of rotatable bonds is 11. The summed E-state index contributed by atoms with van der Waals surface area (Å²) < 4.78 is 12.6. The normalized spacial score (nSPS) is 11.8. The van der Waals surface area contributed by atoms with Crippen molar-refractivity contribution < 1.29 is 23.9 Å². The van der Waals surface area contributed by atoms with E-state index >= 15 is 0 Å². The maximum absolute atomic E-state index is 13.1. The molecule has 0 radical (unpaired) electrons. The lowest BCUT2D eigenvalue weighted by atomic mass is 10.1. The SMILES string of the molecule is CCOc1cccc2nc(Cn3cccc(NC(=O)[C@H](CC/C=C/C(N)=O)NC(=O)OC)c3=O)sc12. The second kappa shape index (κ2) is 12.5. The van der Waals surface area contributed by atoms with Crippen molar-refractivity contribution in [1.29, 1.82) is 0 Å². The first-order valence-electron chi connectivity index (χ1n) is 11.1. The van der Waals surface area contributed by atoms with Crippen LogP contribution in [-0.2, 0) is 20.9 Å². The molecule has 1 aromatic carbocycles. The van der Waals surface area contributed by atoms with Gasteiger partial charge in [0.05, 0.1) is 30.5 Å². The van der Waals surface area contributed by atoms with Crippen molar-refractivity contribution in [3.63, 3.8) is 0 Å². The van der Waals surface area contributed by atoms with Crippen LogP contribution < -0.4 is 26.7 Å². The zero-order chi connectivity index (χ0) is 26.1. The maximum atomic E-state index is 13.1. The van der Waals surface area contributed by atoms with E-state index in [1.54, 1.807) is 12.3 Å². The number of nitrogens with one attached hydrogen (secondary N) is 2. The number of benzene rings is 1. The largest absolute Gasteiger partial charge is 0.492 e. The van der Waals surface area contributed by atoms with Gasteiger partial charge in [-0.25, -0.2) is 9.78 Å². The summed E-state index contributed by atoms with van der Waals surface area (Å²) in [4.78, 5) is 53.1. The first-order valence-corrected chi connectivity index (χ1v) is 12.0. The van der Waals surface area contributed by atoms with Gasteiger partial charge in [-0.15, -0.1) is 11.3 Å². The minimum atomic E-state index is -1.01. The molecule has 1 atom stereocenters. The number of alkyl carbamates (subject to hydrolysis) is 1. The van der Waals surface area contributed by atoms with E-state index in [0.29, 0.717) is 11.6 Å². The molecule has 36 heavy (non-hydrogen) atoms. The van der Waals surface area contributed by atoms with Crippen molar-refractivity contribution >= 4 is 45.1 Å². The molecule has 3 amide bonds. The molecule has 0 saturated carbocycles. The highest BCUT2D eigenvalue weighted by Gasteiger charge is 2.22. The zero-order valence-corrected chi connectivity index (χ0v) is 20.7. The topological polar surface area (TPSA) is 155 Å². The Morgan fingerprint density at radius 3 is 2.78 bits per heavy atom. The summed E-state index contributed by atoms with van der Waals surface area (Å²) in [7, 11) is 1.17. The van der Waals surface area contributed by atoms with Crippen molar-refractivity contribution in [2.45, 2.75) is 32.4 Å². The summed E-state index contributed by atoms with van der Waals surface area (Å²) in [6, 6.07) is 7.72. The first-order chi connectivity index (χ1) is 17.3. The number of nitrogens with two attached hydrogens (primary N) is 1. The molecule has 2 aromatic heterocycles. The Balaban J connectivity index is 1.77. The van der Waals surface area contributed by atoms with Gasteiger partial charge in [-0.1, -0.05) is 12.1 Å². The molecule has 0 bridgehead atoms. The van der Waals surface area contributed by atoms with Gasteiger partial charge in [0.15, 0.2) is 0 Å². The average molecular weight is 514 g/mol. The smallest absolute Gasteiger partial charge is 0.407 e. The van der Waals surface area contributed by atoms with Crippen LogP contribution in [0.2, 0.25) is 0 Å². The average Bonchev–Trinajstić information content (AvgIpc) is 3.27. The molecule has 2 heterocycles. The van der Waals surface area contributed by atoms with Crippen LogP contribution in [0.5, 0.6) is 5.75 Å². The highest BCUT2D eigenvalue weighted by molar-refractivity contribution is 7.19. The van der Waals surface area contributed by atoms with E-state index in [4.69, 9.17) is 10.5 Å². The molecule has 0 saturated heterocycles. The number of nitrogens with zero attached hydrogens (tertiary/aromatic N) is 2. The Labute approximate surface area is 210 Å². The quantitative estimate of drug-likeness (QED) is 0.333. The number of fused-ring (bicyclic) bond motifs is 1. The molecule has 12 heteroatoms. The van der Waals surface area contributed by atoms with E-state index in [9.17, 15) is 19.2 Å². The molecule has 0 fully saturated rings. The summed E-state index contributed by atoms with van der Waals surface area (Å²) in [5, 5.41) is 5.70. The van der Waals surface area contributed by atoms with Crippen molar-refractivity contribution in [1.82, 2.24) is 14.9 Å². The number of carbonyl (C=O) groups is 3. The van der Waals surface area contributed by atoms with Crippen molar-refractivity contribution in [2.24, 2.45) is 5.73 Å². The van der Waals surface area contributed by atoms with Crippen LogP contribution in [0.3, 0.4) is 0 Å². The predicted octanol–water partition coefficient (Wildman–Crippen LogP) is 2.39. The number of pyridine rings is 1. The highest BCUT2D eigenvalue weighted by atomic mass is 32.1. The third kappa shape index (κ3) is 6.92. The standard InChI is InChI=1S/C24H27N5O6S/c1-3-35-18-11-6-9-15-21(18)36-20(26-15)14-29-13-7-10-17(23(29)32)27-22(31)16(28-24(33)34-2)8-4-5-12-19(25)30/h5-7,9-13,16H,3-4,8,14H2,1-2H3,(H2,25,30)(H,27,31)(H,28,33)/b12-5+/t16-/m0/s1. The molecule has 3 rings (SSSR count). The van der Waals surface area contributed by atoms with Gasteiger partial charge in [0, 0.05) is 6.20 Å². The second-order valence-corrected chi connectivity index (χ2v) is 8.64. The van der Waals surface area contributed by atoms with E-state index in [0.717, 1.165) is 16.0 Å². The summed E-state index contributed by atoms with van der Waals surface area (Å²) in [6.07, 6.45) is 3.90. The monoisotopic (exact) mass is 513 g/mol. The maximum Gasteiger partial charge on any atom is 0.407 e. The minimum Gasteiger partial charge on any atom is -0.492 e. The van der Waals surface area contributed by atoms with Gasteiger partial charge in [-0.3, -0.25) is 14.4 Å². The van der Waals surface area contributed by atoms with Crippen LogP contribution in [0.25, 0.3) is 10.2 Å². The molecule has 0 aliphatic carbocycles.